The van der Waals surface area contributed by atoms with Crippen molar-refractivity contribution in [3.63, 3.8) is 0 Å². The maximum atomic E-state index is 6.47. The normalized spacial score (nSPS) is 10.9. The molecule has 146 valence electrons. The number of rotatable bonds is 6. The number of aromatic nitrogens is 3. The largest absolute Gasteiger partial charge is 0.495 e. The highest BCUT2D eigenvalue weighted by Gasteiger charge is 2.20. The van der Waals surface area contributed by atoms with Gasteiger partial charge in [-0.2, -0.15) is 0 Å². The van der Waals surface area contributed by atoms with Crippen molar-refractivity contribution in [3.8, 4) is 22.8 Å². The molecule has 0 bridgehead atoms. The Bertz CT molecular complexity index is 1130. The van der Waals surface area contributed by atoms with Crippen LogP contribution < -0.4 is 4.74 Å². The van der Waals surface area contributed by atoms with E-state index in [9.17, 15) is 0 Å². The van der Waals surface area contributed by atoms with Gasteiger partial charge in [-0.15, -0.1) is 10.2 Å². The van der Waals surface area contributed by atoms with Crippen molar-refractivity contribution in [1.82, 2.24) is 14.8 Å². The minimum absolute atomic E-state index is 0.625. The van der Waals surface area contributed by atoms with E-state index in [0.717, 1.165) is 32.4 Å². The van der Waals surface area contributed by atoms with Crippen LogP contribution >= 0.6 is 39.3 Å². The van der Waals surface area contributed by atoms with Gasteiger partial charge in [0.05, 0.1) is 17.8 Å². The average molecular weight is 487 g/mol. The number of ether oxygens (including phenoxy) is 1. The average Bonchev–Trinajstić information content (AvgIpc) is 3.17. The second-order valence-electron chi connectivity index (χ2n) is 6.21. The first-order valence-electron chi connectivity index (χ1n) is 8.88. The molecule has 1 aromatic heterocycles. The second-order valence-corrected chi connectivity index (χ2v) is 8.47. The third-order valence-corrected chi connectivity index (χ3v) is 6.21. The SMILES string of the molecule is COc1ccccc1-n1c(SCc2ccc(Br)cc2)nnc1-c1ccccc1Cl. The number of halogens is 2. The van der Waals surface area contributed by atoms with Gasteiger partial charge in [-0.05, 0) is 42.0 Å². The lowest BCUT2D eigenvalue weighted by molar-refractivity contribution is 0.412. The molecule has 0 atom stereocenters. The van der Waals surface area contributed by atoms with Gasteiger partial charge in [0.1, 0.15) is 5.75 Å². The highest BCUT2D eigenvalue weighted by molar-refractivity contribution is 9.10. The molecule has 0 amide bonds. The fraction of sp³-hybridized carbons (Fsp3) is 0.0909. The van der Waals surface area contributed by atoms with Crippen LogP contribution in [0.2, 0.25) is 5.02 Å². The number of nitrogens with zero attached hydrogens (tertiary/aromatic N) is 3. The number of hydrogen-bond acceptors (Lipinski definition) is 4. The van der Waals surface area contributed by atoms with Gasteiger partial charge in [0.15, 0.2) is 11.0 Å². The summed E-state index contributed by atoms with van der Waals surface area (Å²) in [6.07, 6.45) is 0. The summed E-state index contributed by atoms with van der Waals surface area (Å²) in [5.74, 6) is 2.19. The lowest BCUT2D eigenvalue weighted by Crippen LogP contribution is -2.02. The monoisotopic (exact) mass is 485 g/mol. The fourth-order valence-electron chi connectivity index (χ4n) is 2.94. The summed E-state index contributed by atoms with van der Waals surface area (Å²) in [5.41, 5.74) is 2.89. The van der Waals surface area contributed by atoms with Crippen molar-refractivity contribution < 1.29 is 4.74 Å². The van der Waals surface area contributed by atoms with Crippen LogP contribution in [0.25, 0.3) is 17.1 Å². The quantitative estimate of drug-likeness (QED) is 0.286. The van der Waals surface area contributed by atoms with E-state index in [1.54, 1.807) is 18.9 Å². The maximum Gasteiger partial charge on any atom is 0.196 e. The maximum absolute atomic E-state index is 6.47. The van der Waals surface area contributed by atoms with Crippen LogP contribution in [-0.2, 0) is 5.75 Å². The number of thioether (sulfide) groups is 1. The molecule has 0 N–H and O–H groups in total. The molecular formula is C22H17BrClN3OS. The van der Waals surface area contributed by atoms with E-state index in [1.807, 2.05) is 65.2 Å². The van der Waals surface area contributed by atoms with E-state index < -0.39 is 0 Å². The van der Waals surface area contributed by atoms with Crippen molar-refractivity contribution >= 4 is 39.3 Å². The molecule has 1 heterocycles. The molecule has 7 heteroatoms. The van der Waals surface area contributed by atoms with Gasteiger partial charge in [-0.3, -0.25) is 4.57 Å². The smallest absolute Gasteiger partial charge is 0.196 e. The molecule has 4 aromatic rings. The van der Waals surface area contributed by atoms with Crippen molar-refractivity contribution in [2.24, 2.45) is 0 Å². The molecular weight excluding hydrogens is 470 g/mol. The standard InChI is InChI=1S/C22H17BrClN3OS/c1-28-20-9-5-4-8-19(20)27-21(17-6-2-3-7-18(17)24)25-26-22(27)29-14-15-10-12-16(23)13-11-15/h2-13H,14H2,1H3. The topological polar surface area (TPSA) is 39.9 Å². The number of methoxy groups -OCH3 is 1. The number of benzene rings is 3. The van der Waals surface area contributed by atoms with Crippen LogP contribution in [0.5, 0.6) is 5.75 Å². The molecule has 3 aromatic carbocycles. The van der Waals surface area contributed by atoms with Crippen molar-refractivity contribution in [3.05, 3.63) is 87.9 Å². The Labute approximate surface area is 187 Å². The lowest BCUT2D eigenvalue weighted by Gasteiger charge is -2.14. The predicted molar refractivity (Wildman–Crippen MR) is 122 cm³/mol. The zero-order valence-corrected chi connectivity index (χ0v) is 18.7. The first kappa shape index (κ1) is 20.0. The summed E-state index contributed by atoms with van der Waals surface area (Å²) in [5, 5.41) is 10.3. The van der Waals surface area contributed by atoms with Crippen LogP contribution in [0.3, 0.4) is 0 Å². The molecule has 29 heavy (non-hydrogen) atoms. The first-order valence-corrected chi connectivity index (χ1v) is 11.0. The van der Waals surface area contributed by atoms with Gasteiger partial charge >= 0.3 is 0 Å². The lowest BCUT2D eigenvalue weighted by atomic mass is 10.2. The van der Waals surface area contributed by atoms with Crippen molar-refractivity contribution in [2.75, 3.05) is 7.11 Å². The molecule has 0 unspecified atom stereocenters. The molecule has 0 aliphatic heterocycles. The predicted octanol–water partition coefficient (Wildman–Crippen LogP) is 6.65. The number of para-hydroxylation sites is 2. The highest BCUT2D eigenvalue weighted by atomic mass is 79.9. The molecule has 0 saturated heterocycles. The van der Waals surface area contributed by atoms with E-state index in [1.165, 1.54) is 5.56 Å². The Morgan fingerprint density at radius 3 is 2.45 bits per heavy atom. The van der Waals surface area contributed by atoms with Crippen LogP contribution in [-0.4, -0.2) is 21.9 Å². The fourth-order valence-corrected chi connectivity index (χ4v) is 4.33. The molecule has 0 saturated carbocycles. The van der Waals surface area contributed by atoms with Gasteiger partial charge < -0.3 is 4.74 Å². The van der Waals surface area contributed by atoms with Crippen LogP contribution in [0, 0.1) is 0 Å². The third kappa shape index (κ3) is 4.34. The summed E-state index contributed by atoms with van der Waals surface area (Å²) in [4.78, 5) is 0. The first-order chi connectivity index (χ1) is 14.2. The van der Waals surface area contributed by atoms with Crippen molar-refractivity contribution in [1.29, 1.82) is 0 Å². The summed E-state index contributed by atoms with van der Waals surface area (Å²) < 4.78 is 8.66. The Hall–Kier alpha value is -2.28. The third-order valence-electron chi connectivity index (χ3n) is 4.36. The number of hydrogen-bond donors (Lipinski definition) is 0. The Balaban J connectivity index is 1.79. The Morgan fingerprint density at radius 2 is 1.69 bits per heavy atom. The molecule has 4 rings (SSSR count). The van der Waals surface area contributed by atoms with E-state index in [4.69, 9.17) is 16.3 Å². The van der Waals surface area contributed by atoms with Crippen LogP contribution in [0.4, 0.5) is 0 Å². The van der Waals surface area contributed by atoms with E-state index >= 15 is 0 Å². The Kier molecular flexibility index (Phi) is 6.23. The van der Waals surface area contributed by atoms with Gasteiger partial charge in [-0.25, -0.2) is 0 Å². The minimum Gasteiger partial charge on any atom is -0.495 e. The van der Waals surface area contributed by atoms with Crippen LogP contribution in [0.15, 0.2) is 82.4 Å². The molecule has 0 aliphatic carbocycles. The van der Waals surface area contributed by atoms with Crippen molar-refractivity contribution in [2.45, 2.75) is 10.9 Å². The summed E-state index contributed by atoms with van der Waals surface area (Å²) in [6, 6.07) is 23.7. The van der Waals surface area contributed by atoms with E-state index in [0.29, 0.717) is 10.8 Å². The summed E-state index contributed by atoms with van der Waals surface area (Å²) in [6.45, 7) is 0. The summed E-state index contributed by atoms with van der Waals surface area (Å²) >= 11 is 11.6. The van der Waals surface area contributed by atoms with E-state index in [-0.39, 0.29) is 0 Å². The van der Waals surface area contributed by atoms with Crippen LogP contribution in [0.1, 0.15) is 5.56 Å². The second kappa shape index (κ2) is 9.03. The van der Waals surface area contributed by atoms with Gasteiger partial charge in [0, 0.05) is 15.8 Å². The molecule has 0 aliphatic rings. The molecule has 0 radical (unpaired) electrons. The zero-order chi connectivity index (χ0) is 20.2. The summed E-state index contributed by atoms with van der Waals surface area (Å²) in [7, 11) is 1.66. The van der Waals surface area contributed by atoms with Gasteiger partial charge in [0.2, 0.25) is 0 Å². The van der Waals surface area contributed by atoms with Gasteiger partial charge in [-0.1, -0.05) is 75.7 Å². The molecule has 0 fully saturated rings. The molecule has 4 nitrogen and oxygen atoms in total. The van der Waals surface area contributed by atoms with E-state index in [2.05, 4.69) is 38.3 Å². The van der Waals surface area contributed by atoms with Gasteiger partial charge in [0.25, 0.3) is 0 Å². The Morgan fingerprint density at radius 1 is 0.966 bits per heavy atom. The minimum atomic E-state index is 0.625. The highest BCUT2D eigenvalue weighted by Crippen LogP contribution is 2.35. The molecule has 0 spiro atoms. The zero-order valence-electron chi connectivity index (χ0n) is 15.5.